The predicted octanol–water partition coefficient (Wildman–Crippen LogP) is 2.62. The van der Waals surface area contributed by atoms with Crippen LogP contribution >= 0.6 is 15.9 Å². The first kappa shape index (κ1) is 14.1. The van der Waals surface area contributed by atoms with Crippen molar-refractivity contribution in [2.45, 2.75) is 0 Å². The van der Waals surface area contributed by atoms with Gasteiger partial charge < -0.3 is 10.2 Å². The molecule has 0 fully saturated rings. The zero-order valence-electron chi connectivity index (χ0n) is 10.2. The number of carbonyl (C=O) groups is 1. The van der Waals surface area contributed by atoms with Crippen LogP contribution in [0.5, 0.6) is 11.5 Å². The molecule has 102 valence electrons. The Hall–Kier alpha value is -2.34. The molecule has 0 atom stereocenters. The molecular formula is C14H11BrN2O3. The van der Waals surface area contributed by atoms with E-state index in [1.807, 2.05) is 0 Å². The second-order valence-corrected chi connectivity index (χ2v) is 4.87. The number of phenolic OH excluding ortho intramolecular Hbond substituents is 2. The lowest BCUT2D eigenvalue weighted by molar-refractivity contribution is 0.0955. The summed E-state index contributed by atoms with van der Waals surface area (Å²) in [6, 6.07) is 11.1. The van der Waals surface area contributed by atoms with Crippen LogP contribution in [0.1, 0.15) is 15.9 Å². The summed E-state index contributed by atoms with van der Waals surface area (Å²) < 4.78 is 0.886. The van der Waals surface area contributed by atoms with Gasteiger partial charge in [-0.15, -0.1) is 0 Å². The van der Waals surface area contributed by atoms with Crippen LogP contribution in [0.3, 0.4) is 0 Å². The molecule has 2 rings (SSSR count). The van der Waals surface area contributed by atoms with Crippen molar-refractivity contribution >= 4 is 28.1 Å². The number of benzene rings is 2. The van der Waals surface area contributed by atoms with Crippen LogP contribution in [0.4, 0.5) is 0 Å². The van der Waals surface area contributed by atoms with Crippen molar-refractivity contribution in [2.24, 2.45) is 5.10 Å². The Labute approximate surface area is 123 Å². The van der Waals surface area contributed by atoms with Crippen LogP contribution in [0, 0.1) is 0 Å². The van der Waals surface area contributed by atoms with E-state index in [0.29, 0.717) is 11.1 Å². The van der Waals surface area contributed by atoms with Crippen molar-refractivity contribution in [3.8, 4) is 11.5 Å². The Morgan fingerprint density at radius 1 is 1.10 bits per heavy atom. The normalized spacial score (nSPS) is 10.7. The molecule has 0 heterocycles. The highest BCUT2D eigenvalue weighted by Crippen LogP contribution is 2.23. The van der Waals surface area contributed by atoms with Crippen LogP contribution in [-0.4, -0.2) is 22.3 Å². The third-order valence-corrected chi connectivity index (χ3v) is 3.01. The van der Waals surface area contributed by atoms with Gasteiger partial charge in [0.25, 0.3) is 5.91 Å². The highest BCUT2D eigenvalue weighted by Gasteiger charge is 2.03. The average molecular weight is 335 g/mol. The Bertz CT molecular complexity index is 654. The largest absolute Gasteiger partial charge is 0.504 e. The van der Waals surface area contributed by atoms with Gasteiger partial charge >= 0.3 is 0 Å². The van der Waals surface area contributed by atoms with Crippen LogP contribution in [0.25, 0.3) is 0 Å². The zero-order chi connectivity index (χ0) is 14.5. The first-order chi connectivity index (χ1) is 9.56. The highest BCUT2D eigenvalue weighted by molar-refractivity contribution is 9.10. The Morgan fingerprint density at radius 3 is 2.45 bits per heavy atom. The van der Waals surface area contributed by atoms with Gasteiger partial charge in [-0.3, -0.25) is 4.79 Å². The predicted molar refractivity (Wildman–Crippen MR) is 79.0 cm³/mol. The van der Waals surface area contributed by atoms with Gasteiger partial charge in [0.1, 0.15) is 0 Å². The maximum atomic E-state index is 11.7. The van der Waals surface area contributed by atoms with Gasteiger partial charge in [0.05, 0.1) is 6.21 Å². The van der Waals surface area contributed by atoms with Gasteiger partial charge in [-0.05, 0) is 48.0 Å². The quantitative estimate of drug-likeness (QED) is 0.458. The molecule has 6 heteroatoms. The van der Waals surface area contributed by atoms with E-state index in [0.717, 1.165) is 4.47 Å². The molecule has 0 spiro atoms. The van der Waals surface area contributed by atoms with E-state index in [4.69, 9.17) is 5.11 Å². The molecule has 0 aliphatic carbocycles. The van der Waals surface area contributed by atoms with Crippen LogP contribution < -0.4 is 5.43 Å². The number of hydrogen-bond donors (Lipinski definition) is 3. The van der Waals surface area contributed by atoms with E-state index in [2.05, 4.69) is 26.5 Å². The Kier molecular flexibility index (Phi) is 4.37. The molecule has 0 saturated carbocycles. The number of carbonyl (C=O) groups excluding carboxylic acids is 1. The molecule has 0 unspecified atom stereocenters. The number of aromatic hydroxyl groups is 2. The topological polar surface area (TPSA) is 81.9 Å². The molecule has 0 bridgehead atoms. The summed E-state index contributed by atoms with van der Waals surface area (Å²) >= 11 is 3.28. The van der Waals surface area contributed by atoms with Crippen molar-refractivity contribution in [3.05, 3.63) is 58.1 Å². The van der Waals surface area contributed by atoms with Gasteiger partial charge in [-0.2, -0.15) is 5.10 Å². The first-order valence-electron chi connectivity index (χ1n) is 5.67. The molecule has 2 aromatic rings. The fraction of sp³-hybridized carbons (Fsp3) is 0. The lowest BCUT2D eigenvalue weighted by Crippen LogP contribution is -2.17. The molecule has 1 amide bonds. The third-order valence-electron chi connectivity index (χ3n) is 2.49. The highest BCUT2D eigenvalue weighted by atomic mass is 79.9. The summed E-state index contributed by atoms with van der Waals surface area (Å²) in [7, 11) is 0. The van der Waals surface area contributed by atoms with Crippen molar-refractivity contribution in [3.63, 3.8) is 0 Å². The van der Waals surface area contributed by atoms with Gasteiger partial charge in [-0.25, -0.2) is 5.43 Å². The number of halogens is 1. The molecule has 3 N–H and O–H groups in total. The standard InChI is InChI=1S/C14H11BrN2O3/c15-11-4-2-10(3-5-11)14(20)17-16-8-9-1-6-12(18)13(19)7-9/h1-8,18-19H,(H,17,20)/b16-8-. The van der Waals surface area contributed by atoms with Gasteiger partial charge in [0.15, 0.2) is 11.5 Å². The summed E-state index contributed by atoms with van der Waals surface area (Å²) in [6.07, 6.45) is 1.37. The molecule has 0 aliphatic heterocycles. The molecule has 0 saturated heterocycles. The van der Waals surface area contributed by atoms with Crippen LogP contribution in [0.15, 0.2) is 52.0 Å². The number of nitrogens with zero attached hydrogens (tertiary/aromatic N) is 1. The molecule has 0 aromatic heterocycles. The summed E-state index contributed by atoms with van der Waals surface area (Å²) in [4.78, 5) is 11.7. The lowest BCUT2D eigenvalue weighted by Gasteiger charge is -2.00. The van der Waals surface area contributed by atoms with Crippen molar-refractivity contribution in [2.75, 3.05) is 0 Å². The van der Waals surface area contributed by atoms with Crippen molar-refractivity contribution in [1.29, 1.82) is 0 Å². The van der Waals surface area contributed by atoms with E-state index in [9.17, 15) is 9.90 Å². The summed E-state index contributed by atoms with van der Waals surface area (Å²) in [6.45, 7) is 0. The van der Waals surface area contributed by atoms with Gasteiger partial charge in [0.2, 0.25) is 0 Å². The molecule has 0 aliphatic rings. The maximum Gasteiger partial charge on any atom is 0.271 e. The van der Waals surface area contributed by atoms with Crippen molar-refractivity contribution < 1.29 is 15.0 Å². The summed E-state index contributed by atoms with van der Waals surface area (Å²) in [5.41, 5.74) is 3.41. The average Bonchev–Trinajstić information content (AvgIpc) is 2.43. The minimum Gasteiger partial charge on any atom is -0.504 e. The lowest BCUT2D eigenvalue weighted by atomic mass is 10.2. The minimum atomic E-state index is -0.336. The number of amides is 1. The molecule has 2 aromatic carbocycles. The number of hydrazone groups is 1. The Balaban J connectivity index is 2.00. The van der Waals surface area contributed by atoms with E-state index in [1.54, 1.807) is 30.3 Å². The number of hydrogen-bond acceptors (Lipinski definition) is 4. The van der Waals surface area contributed by atoms with Crippen LogP contribution in [-0.2, 0) is 0 Å². The minimum absolute atomic E-state index is 0.207. The zero-order valence-corrected chi connectivity index (χ0v) is 11.8. The first-order valence-corrected chi connectivity index (χ1v) is 6.46. The fourth-order valence-corrected chi connectivity index (χ4v) is 1.72. The molecular weight excluding hydrogens is 324 g/mol. The monoisotopic (exact) mass is 334 g/mol. The number of nitrogens with one attached hydrogen (secondary N) is 1. The summed E-state index contributed by atoms with van der Waals surface area (Å²) in [5, 5.41) is 22.3. The molecule has 5 nitrogen and oxygen atoms in total. The third kappa shape index (κ3) is 3.58. The maximum absolute atomic E-state index is 11.7. The van der Waals surface area contributed by atoms with E-state index < -0.39 is 0 Å². The van der Waals surface area contributed by atoms with Crippen molar-refractivity contribution in [1.82, 2.24) is 5.43 Å². The Morgan fingerprint density at radius 2 is 1.80 bits per heavy atom. The smallest absolute Gasteiger partial charge is 0.271 e. The van der Waals surface area contributed by atoms with E-state index in [-0.39, 0.29) is 17.4 Å². The second kappa shape index (κ2) is 6.21. The molecule has 0 radical (unpaired) electrons. The van der Waals surface area contributed by atoms with Gasteiger partial charge in [0, 0.05) is 10.0 Å². The number of rotatable bonds is 3. The van der Waals surface area contributed by atoms with E-state index >= 15 is 0 Å². The second-order valence-electron chi connectivity index (χ2n) is 3.95. The molecule has 20 heavy (non-hydrogen) atoms. The van der Waals surface area contributed by atoms with Crippen LogP contribution in [0.2, 0.25) is 0 Å². The van der Waals surface area contributed by atoms with E-state index in [1.165, 1.54) is 18.3 Å². The number of phenols is 2. The fourth-order valence-electron chi connectivity index (χ4n) is 1.45. The summed E-state index contributed by atoms with van der Waals surface area (Å²) in [5.74, 6) is -0.786. The van der Waals surface area contributed by atoms with Gasteiger partial charge in [-0.1, -0.05) is 15.9 Å². The SMILES string of the molecule is O=C(N/N=C\c1ccc(O)c(O)c1)c1ccc(Br)cc1.